The molecule has 2 N–H and O–H groups in total. The van der Waals surface area contributed by atoms with Gasteiger partial charge in [0, 0.05) is 10.9 Å². The Morgan fingerprint density at radius 2 is 2.00 bits per heavy atom. The smallest absolute Gasteiger partial charge is 0.336 e. The van der Waals surface area contributed by atoms with Crippen molar-refractivity contribution < 1.29 is 14.6 Å². The Balaban J connectivity index is 2.35. The van der Waals surface area contributed by atoms with E-state index in [0.29, 0.717) is 22.3 Å². The van der Waals surface area contributed by atoms with E-state index in [1.165, 1.54) is 0 Å². The molecule has 0 fully saturated rings. The fraction of sp³-hybridized carbons (Fsp3) is 0.0667. The number of benzene rings is 2. The number of aromatic nitrogens is 2. The number of nitrogens with one attached hydrogen (secondary N) is 1. The molecule has 0 saturated carbocycles. The maximum absolute atomic E-state index is 11.4. The highest BCUT2D eigenvalue weighted by molar-refractivity contribution is 6.08. The van der Waals surface area contributed by atoms with Gasteiger partial charge in [0.15, 0.2) is 0 Å². The first-order chi connectivity index (χ1) is 9.72. The van der Waals surface area contributed by atoms with Crippen molar-refractivity contribution in [3.05, 3.63) is 48.0 Å². The molecule has 0 aliphatic heterocycles. The number of para-hydroxylation sites is 1. The van der Waals surface area contributed by atoms with Crippen LogP contribution in [0.5, 0.6) is 5.75 Å². The number of H-pyrrole nitrogens is 1. The van der Waals surface area contributed by atoms with Crippen LogP contribution in [0.25, 0.3) is 22.2 Å². The van der Waals surface area contributed by atoms with Gasteiger partial charge in [-0.05, 0) is 24.3 Å². The fourth-order valence-corrected chi connectivity index (χ4v) is 2.29. The van der Waals surface area contributed by atoms with Crippen molar-refractivity contribution >= 4 is 16.9 Å². The molecule has 1 heterocycles. The maximum atomic E-state index is 11.4. The second-order valence-electron chi connectivity index (χ2n) is 4.31. The number of fused-ring (bicyclic) bond motifs is 1. The number of aromatic amines is 1. The second kappa shape index (κ2) is 4.70. The van der Waals surface area contributed by atoms with Crippen LogP contribution in [-0.4, -0.2) is 28.4 Å². The minimum atomic E-state index is -0.979. The molecule has 5 nitrogen and oxygen atoms in total. The summed E-state index contributed by atoms with van der Waals surface area (Å²) in [4.78, 5) is 11.4. The van der Waals surface area contributed by atoms with Crippen LogP contribution >= 0.6 is 0 Å². The van der Waals surface area contributed by atoms with Crippen LogP contribution in [0, 0.1) is 0 Å². The number of hydrogen-bond acceptors (Lipinski definition) is 3. The average molecular weight is 268 g/mol. The fourth-order valence-electron chi connectivity index (χ4n) is 2.29. The van der Waals surface area contributed by atoms with E-state index in [-0.39, 0.29) is 5.56 Å². The Labute approximate surface area is 114 Å². The van der Waals surface area contributed by atoms with Crippen molar-refractivity contribution in [2.75, 3.05) is 7.11 Å². The lowest BCUT2D eigenvalue weighted by molar-refractivity contribution is 0.0699. The van der Waals surface area contributed by atoms with Gasteiger partial charge in [0.05, 0.1) is 18.2 Å². The van der Waals surface area contributed by atoms with Gasteiger partial charge < -0.3 is 9.84 Å². The summed E-state index contributed by atoms with van der Waals surface area (Å²) in [6.45, 7) is 0. The highest BCUT2D eigenvalue weighted by Crippen LogP contribution is 2.34. The zero-order valence-corrected chi connectivity index (χ0v) is 10.8. The number of carboxylic acid groups (broad SMARTS) is 1. The van der Waals surface area contributed by atoms with Gasteiger partial charge in [-0.2, -0.15) is 5.10 Å². The highest BCUT2D eigenvalue weighted by atomic mass is 16.5. The van der Waals surface area contributed by atoms with Crippen molar-refractivity contribution in [2.24, 2.45) is 0 Å². The van der Waals surface area contributed by atoms with Crippen LogP contribution in [-0.2, 0) is 0 Å². The van der Waals surface area contributed by atoms with Crippen LogP contribution in [0.15, 0.2) is 42.5 Å². The summed E-state index contributed by atoms with van der Waals surface area (Å²) in [5, 5.41) is 17.0. The molecule has 5 heteroatoms. The molecule has 0 amide bonds. The van der Waals surface area contributed by atoms with E-state index in [9.17, 15) is 9.90 Å². The Morgan fingerprint density at radius 1 is 1.20 bits per heavy atom. The highest BCUT2D eigenvalue weighted by Gasteiger charge is 2.18. The molecule has 20 heavy (non-hydrogen) atoms. The van der Waals surface area contributed by atoms with E-state index in [1.54, 1.807) is 25.3 Å². The second-order valence-corrected chi connectivity index (χ2v) is 4.31. The third-order valence-electron chi connectivity index (χ3n) is 3.18. The van der Waals surface area contributed by atoms with Gasteiger partial charge in [0.1, 0.15) is 11.4 Å². The predicted molar refractivity (Wildman–Crippen MR) is 75.0 cm³/mol. The first-order valence-corrected chi connectivity index (χ1v) is 6.06. The molecule has 0 radical (unpaired) electrons. The van der Waals surface area contributed by atoms with E-state index in [2.05, 4.69) is 10.2 Å². The Bertz CT molecular complexity index is 793. The zero-order chi connectivity index (χ0) is 14.1. The largest absolute Gasteiger partial charge is 0.496 e. The van der Waals surface area contributed by atoms with Crippen LogP contribution < -0.4 is 4.74 Å². The number of rotatable bonds is 3. The Hall–Kier alpha value is -2.82. The molecule has 3 aromatic rings. The molecule has 0 atom stereocenters. The van der Waals surface area contributed by atoms with Crippen molar-refractivity contribution in [3.8, 4) is 17.0 Å². The van der Waals surface area contributed by atoms with Gasteiger partial charge in [0.25, 0.3) is 0 Å². The molecule has 0 aliphatic carbocycles. The summed E-state index contributed by atoms with van der Waals surface area (Å²) in [5.41, 5.74) is 2.24. The van der Waals surface area contributed by atoms with Crippen molar-refractivity contribution in [2.45, 2.75) is 0 Å². The monoisotopic (exact) mass is 268 g/mol. The van der Waals surface area contributed by atoms with Gasteiger partial charge in [0.2, 0.25) is 0 Å². The number of methoxy groups -OCH3 is 1. The number of nitrogens with zero attached hydrogens (tertiary/aromatic N) is 1. The lowest BCUT2D eigenvalue weighted by atomic mass is 10.0. The van der Waals surface area contributed by atoms with E-state index in [1.807, 2.05) is 24.3 Å². The van der Waals surface area contributed by atoms with Crippen LogP contribution in [0.4, 0.5) is 0 Å². The lowest BCUT2D eigenvalue weighted by Gasteiger charge is -2.06. The minimum Gasteiger partial charge on any atom is -0.496 e. The quantitative estimate of drug-likeness (QED) is 0.765. The van der Waals surface area contributed by atoms with E-state index in [4.69, 9.17) is 4.74 Å². The summed E-state index contributed by atoms with van der Waals surface area (Å²) >= 11 is 0. The third-order valence-corrected chi connectivity index (χ3v) is 3.18. The van der Waals surface area contributed by atoms with Crippen molar-refractivity contribution in [1.29, 1.82) is 0 Å². The molecule has 3 rings (SSSR count). The minimum absolute atomic E-state index is 0.220. The Kier molecular flexibility index (Phi) is 2.87. The SMILES string of the molecule is COc1ccccc1-c1n[nH]c2cccc(C(=O)O)c12. The summed E-state index contributed by atoms with van der Waals surface area (Å²) in [7, 11) is 1.58. The van der Waals surface area contributed by atoms with E-state index < -0.39 is 5.97 Å². The molecule has 0 unspecified atom stereocenters. The number of aromatic carboxylic acids is 1. The average Bonchev–Trinajstić information content (AvgIpc) is 2.90. The van der Waals surface area contributed by atoms with Gasteiger partial charge in [-0.3, -0.25) is 5.10 Å². The first-order valence-electron chi connectivity index (χ1n) is 6.06. The molecule has 100 valence electrons. The molecular formula is C15H12N2O3. The molecule has 0 saturated heterocycles. The van der Waals surface area contributed by atoms with Gasteiger partial charge in [-0.1, -0.05) is 18.2 Å². The predicted octanol–water partition coefficient (Wildman–Crippen LogP) is 2.94. The van der Waals surface area contributed by atoms with Crippen LogP contribution in [0.2, 0.25) is 0 Å². The van der Waals surface area contributed by atoms with Gasteiger partial charge in [-0.15, -0.1) is 0 Å². The molecule has 2 aromatic carbocycles. The molecule has 1 aromatic heterocycles. The summed E-state index contributed by atoms with van der Waals surface area (Å²) in [5.74, 6) is -0.325. The summed E-state index contributed by atoms with van der Waals surface area (Å²) < 4.78 is 5.32. The third kappa shape index (κ3) is 1.80. The van der Waals surface area contributed by atoms with Crippen LogP contribution in [0.3, 0.4) is 0 Å². The number of ether oxygens (including phenoxy) is 1. The normalized spacial score (nSPS) is 10.7. The lowest BCUT2D eigenvalue weighted by Crippen LogP contribution is -1.97. The van der Waals surface area contributed by atoms with Gasteiger partial charge in [-0.25, -0.2) is 4.79 Å². The first kappa shape index (κ1) is 12.2. The topological polar surface area (TPSA) is 75.2 Å². The van der Waals surface area contributed by atoms with Gasteiger partial charge >= 0.3 is 5.97 Å². The standard InChI is InChI=1S/C15H12N2O3/c1-20-12-8-3-2-5-9(12)14-13-10(15(18)19)6-4-7-11(13)16-17-14/h2-8H,1H3,(H,16,17)(H,18,19). The molecular weight excluding hydrogens is 256 g/mol. The zero-order valence-electron chi connectivity index (χ0n) is 10.8. The van der Waals surface area contributed by atoms with Crippen LogP contribution in [0.1, 0.15) is 10.4 Å². The number of carboxylic acids is 1. The number of carbonyl (C=O) groups is 1. The summed E-state index contributed by atoms with van der Waals surface area (Å²) in [6.07, 6.45) is 0. The maximum Gasteiger partial charge on any atom is 0.336 e. The van der Waals surface area contributed by atoms with Crippen molar-refractivity contribution in [3.63, 3.8) is 0 Å². The number of hydrogen-bond donors (Lipinski definition) is 2. The summed E-state index contributed by atoms with van der Waals surface area (Å²) in [6, 6.07) is 12.5. The molecule has 0 spiro atoms. The van der Waals surface area contributed by atoms with E-state index in [0.717, 1.165) is 5.56 Å². The Morgan fingerprint density at radius 3 is 2.75 bits per heavy atom. The van der Waals surface area contributed by atoms with E-state index >= 15 is 0 Å². The molecule has 0 aliphatic rings. The van der Waals surface area contributed by atoms with Crippen molar-refractivity contribution in [1.82, 2.24) is 10.2 Å². The molecule has 0 bridgehead atoms.